The average Bonchev–Trinajstić information content (AvgIpc) is 2.82. The summed E-state index contributed by atoms with van der Waals surface area (Å²) >= 11 is 0. The molecule has 26 heavy (non-hydrogen) atoms. The van der Waals surface area contributed by atoms with Crippen LogP contribution in [0.4, 0.5) is 5.69 Å². The number of ether oxygens (including phenoxy) is 2. The smallest absolute Gasteiger partial charge is 0.269 e. The largest absolute Gasteiger partial charge is 0.465 e. The third-order valence-corrected chi connectivity index (χ3v) is 9.81. The van der Waals surface area contributed by atoms with E-state index < -0.39 is 25.6 Å². The monoisotopic (exact) mass is 383 g/mol. The molecule has 8 heteroatoms. The number of non-ortho nitro benzene ring substituents is 1. The van der Waals surface area contributed by atoms with Crippen molar-refractivity contribution in [2.24, 2.45) is 5.92 Å². The van der Waals surface area contributed by atoms with Crippen LogP contribution in [0.1, 0.15) is 27.7 Å². The van der Waals surface area contributed by atoms with Gasteiger partial charge < -0.3 is 19.0 Å². The van der Waals surface area contributed by atoms with Gasteiger partial charge in [-0.25, -0.2) is 0 Å². The van der Waals surface area contributed by atoms with Crippen LogP contribution in [0.2, 0.25) is 18.1 Å². The van der Waals surface area contributed by atoms with Crippen LogP contribution in [0.25, 0.3) is 0 Å². The second-order valence-corrected chi connectivity index (χ2v) is 13.1. The van der Waals surface area contributed by atoms with E-state index in [4.69, 9.17) is 13.9 Å². The highest BCUT2D eigenvalue weighted by Gasteiger charge is 2.49. The summed E-state index contributed by atoms with van der Waals surface area (Å²) < 4.78 is 18.2. The number of hydrogen-bond donors (Lipinski definition) is 1. The van der Waals surface area contributed by atoms with Crippen LogP contribution in [0.15, 0.2) is 24.3 Å². The fourth-order valence-corrected chi connectivity index (χ4v) is 4.03. The van der Waals surface area contributed by atoms with Crippen molar-refractivity contribution in [1.29, 1.82) is 0 Å². The van der Waals surface area contributed by atoms with Gasteiger partial charge in [0.2, 0.25) is 6.29 Å². The molecular weight excluding hydrogens is 354 g/mol. The zero-order valence-corrected chi connectivity index (χ0v) is 17.3. The number of nitro groups is 1. The summed E-state index contributed by atoms with van der Waals surface area (Å²) in [6.07, 6.45) is -1.30. The minimum absolute atomic E-state index is 0.00473. The standard InChI is InChI=1S/C18H29NO6Si/c1-12-16(25-26(5,6)18(2,3)4)15(11-20)24-17(12)23-14-9-7-13(8-10-14)19(21)22/h7-10,12,15-17,20H,11H2,1-6H3/t12-,15?,16+,17?/m1/s1. The topological polar surface area (TPSA) is 91.1 Å². The van der Waals surface area contributed by atoms with Gasteiger partial charge in [0, 0.05) is 18.1 Å². The van der Waals surface area contributed by atoms with Crippen LogP contribution < -0.4 is 4.74 Å². The molecule has 1 saturated heterocycles. The minimum atomic E-state index is -2.03. The van der Waals surface area contributed by atoms with Crippen LogP contribution in [0.5, 0.6) is 5.75 Å². The van der Waals surface area contributed by atoms with Crippen LogP contribution in [0.3, 0.4) is 0 Å². The molecule has 0 aliphatic carbocycles. The van der Waals surface area contributed by atoms with Crippen LogP contribution in [-0.4, -0.2) is 43.5 Å². The van der Waals surface area contributed by atoms with Crippen molar-refractivity contribution in [1.82, 2.24) is 0 Å². The summed E-state index contributed by atoms with van der Waals surface area (Å²) in [6, 6.07) is 5.87. The second kappa shape index (κ2) is 7.64. The molecule has 0 radical (unpaired) electrons. The molecule has 0 amide bonds. The Labute approximate surface area is 155 Å². The van der Waals surface area contributed by atoms with E-state index in [0.717, 1.165) is 0 Å². The average molecular weight is 384 g/mol. The van der Waals surface area contributed by atoms with Gasteiger partial charge in [-0.2, -0.15) is 0 Å². The Morgan fingerprint density at radius 3 is 2.31 bits per heavy atom. The van der Waals surface area contributed by atoms with Crippen molar-refractivity contribution < 1.29 is 23.9 Å². The predicted molar refractivity (Wildman–Crippen MR) is 101 cm³/mol. The number of rotatable bonds is 6. The van der Waals surface area contributed by atoms with Crippen molar-refractivity contribution in [2.75, 3.05) is 6.61 Å². The third kappa shape index (κ3) is 4.43. The molecule has 146 valence electrons. The zero-order chi connectivity index (χ0) is 19.7. The Kier molecular flexibility index (Phi) is 6.12. The lowest BCUT2D eigenvalue weighted by molar-refractivity contribution is -0.384. The summed E-state index contributed by atoms with van der Waals surface area (Å²) in [4.78, 5) is 10.3. The van der Waals surface area contributed by atoms with Gasteiger partial charge >= 0.3 is 0 Å². The van der Waals surface area contributed by atoms with Gasteiger partial charge in [0.15, 0.2) is 8.32 Å². The Hall–Kier alpha value is -1.48. The van der Waals surface area contributed by atoms with Gasteiger partial charge in [-0.3, -0.25) is 10.1 Å². The Morgan fingerprint density at radius 2 is 1.85 bits per heavy atom. The molecule has 0 saturated carbocycles. The van der Waals surface area contributed by atoms with E-state index in [1.807, 2.05) is 6.92 Å². The first-order valence-corrected chi connectivity index (χ1v) is 11.7. The van der Waals surface area contributed by atoms with E-state index in [2.05, 4.69) is 33.9 Å². The van der Waals surface area contributed by atoms with E-state index in [0.29, 0.717) is 5.75 Å². The molecule has 2 rings (SSSR count). The first-order chi connectivity index (χ1) is 12.0. The normalized spacial score (nSPS) is 26.7. The van der Waals surface area contributed by atoms with E-state index in [1.165, 1.54) is 12.1 Å². The van der Waals surface area contributed by atoms with Gasteiger partial charge in [0.25, 0.3) is 5.69 Å². The maximum atomic E-state index is 10.7. The molecule has 0 spiro atoms. The lowest BCUT2D eigenvalue weighted by Crippen LogP contribution is -2.48. The lowest BCUT2D eigenvalue weighted by Gasteiger charge is -2.40. The fraction of sp³-hybridized carbons (Fsp3) is 0.667. The SMILES string of the molecule is C[C@H]1C(Oc2ccc([N+](=O)[O-])cc2)OC(CO)[C@H]1O[Si](C)(C)C(C)(C)C. The number of aliphatic hydroxyl groups excluding tert-OH is 1. The first-order valence-electron chi connectivity index (χ1n) is 8.81. The molecule has 0 aromatic heterocycles. The quantitative estimate of drug-likeness (QED) is 0.457. The van der Waals surface area contributed by atoms with Crippen LogP contribution in [-0.2, 0) is 9.16 Å². The van der Waals surface area contributed by atoms with Crippen molar-refractivity contribution in [3.05, 3.63) is 34.4 Å². The molecule has 1 aromatic rings. The Bertz CT molecular complexity index is 628. The van der Waals surface area contributed by atoms with E-state index in [9.17, 15) is 15.2 Å². The van der Waals surface area contributed by atoms with Crippen molar-refractivity contribution in [3.63, 3.8) is 0 Å². The minimum Gasteiger partial charge on any atom is -0.465 e. The van der Waals surface area contributed by atoms with Crippen molar-refractivity contribution in [2.45, 2.75) is 64.3 Å². The molecule has 1 N–H and O–H groups in total. The van der Waals surface area contributed by atoms with Crippen LogP contribution in [0, 0.1) is 16.0 Å². The number of nitro benzene ring substituents is 1. The Balaban J connectivity index is 2.11. The molecule has 1 aliphatic rings. The Morgan fingerprint density at radius 1 is 1.27 bits per heavy atom. The molecule has 1 aromatic carbocycles. The maximum Gasteiger partial charge on any atom is 0.269 e. The number of hydrogen-bond acceptors (Lipinski definition) is 6. The summed E-state index contributed by atoms with van der Waals surface area (Å²) in [6.45, 7) is 12.7. The summed E-state index contributed by atoms with van der Waals surface area (Å²) in [7, 11) is -2.03. The fourth-order valence-electron chi connectivity index (χ4n) is 2.63. The van der Waals surface area contributed by atoms with Gasteiger partial charge in [-0.05, 0) is 30.3 Å². The van der Waals surface area contributed by atoms with Gasteiger partial charge in [-0.15, -0.1) is 0 Å². The third-order valence-electron chi connectivity index (χ3n) is 5.34. The van der Waals surface area contributed by atoms with Gasteiger partial charge in [0.05, 0.1) is 17.6 Å². The van der Waals surface area contributed by atoms with Crippen molar-refractivity contribution in [3.8, 4) is 5.75 Å². The highest BCUT2D eigenvalue weighted by Crippen LogP contribution is 2.41. The first kappa shape index (κ1) is 20.8. The molecule has 2 unspecified atom stereocenters. The molecular formula is C18H29NO6Si. The maximum absolute atomic E-state index is 10.7. The zero-order valence-electron chi connectivity index (χ0n) is 16.3. The highest BCUT2D eigenvalue weighted by molar-refractivity contribution is 6.74. The summed E-state index contributed by atoms with van der Waals surface area (Å²) in [5, 5.41) is 20.5. The van der Waals surface area contributed by atoms with Gasteiger partial charge in [-0.1, -0.05) is 27.7 Å². The summed E-state index contributed by atoms with van der Waals surface area (Å²) in [5.41, 5.74) is 0.00473. The lowest BCUT2D eigenvalue weighted by atomic mass is 10.0. The van der Waals surface area contributed by atoms with E-state index in [1.54, 1.807) is 12.1 Å². The number of benzene rings is 1. The molecule has 1 heterocycles. The molecule has 4 atom stereocenters. The number of aliphatic hydroxyl groups is 1. The van der Waals surface area contributed by atoms with Crippen molar-refractivity contribution >= 4 is 14.0 Å². The molecule has 1 fully saturated rings. The molecule has 1 aliphatic heterocycles. The summed E-state index contributed by atoms with van der Waals surface area (Å²) in [5.74, 6) is 0.397. The predicted octanol–water partition coefficient (Wildman–Crippen LogP) is 3.72. The molecule has 0 bridgehead atoms. The highest BCUT2D eigenvalue weighted by atomic mass is 28.4. The molecule has 7 nitrogen and oxygen atoms in total. The van der Waals surface area contributed by atoms with E-state index >= 15 is 0 Å². The second-order valence-electron chi connectivity index (χ2n) is 8.30. The van der Waals surface area contributed by atoms with E-state index in [-0.39, 0.29) is 29.4 Å². The van der Waals surface area contributed by atoms with Crippen LogP contribution >= 0.6 is 0 Å². The number of nitrogens with zero attached hydrogens (tertiary/aromatic N) is 1. The van der Waals surface area contributed by atoms with Gasteiger partial charge in [0.1, 0.15) is 11.9 Å².